The zero-order valence-electron chi connectivity index (χ0n) is 10.5. The lowest BCUT2D eigenvalue weighted by Gasteiger charge is -2.14. The number of carbonyl (C=O) groups is 2. The maximum absolute atomic E-state index is 11.5. The zero-order chi connectivity index (χ0) is 12.6. The van der Waals surface area contributed by atoms with Crippen LogP contribution in [0.3, 0.4) is 0 Å². The molecule has 0 saturated heterocycles. The van der Waals surface area contributed by atoms with Gasteiger partial charge in [-0.25, -0.2) is 0 Å². The first-order valence-electron chi connectivity index (χ1n) is 5.98. The van der Waals surface area contributed by atoms with Gasteiger partial charge < -0.3 is 10.4 Å². The molecule has 0 aliphatic heterocycles. The van der Waals surface area contributed by atoms with Crippen LogP contribution in [0.5, 0.6) is 0 Å². The van der Waals surface area contributed by atoms with Gasteiger partial charge in [0.2, 0.25) is 5.91 Å². The highest BCUT2D eigenvalue weighted by Crippen LogP contribution is 2.12. The molecule has 1 unspecified atom stereocenters. The van der Waals surface area contributed by atoms with Crippen LogP contribution in [0.2, 0.25) is 0 Å². The lowest BCUT2D eigenvalue weighted by atomic mass is 9.99. The molecular weight excluding hydrogens is 206 g/mol. The van der Waals surface area contributed by atoms with Crippen molar-refractivity contribution in [2.45, 2.75) is 46.5 Å². The average molecular weight is 229 g/mol. The number of aliphatic carboxylic acids is 1. The van der Waals surface area contributed by atoms with E-state index in [1.807, 2.05) is 6.92 Å². The van der Waals surface area contributed by atoms with E-state index in [4.69, 9.17) is 5.11 Å². The maximum Gasteiger partial charge on any atom is 0.303 e. The minimum absolute atomic E-state index is 0.0110. The van der Waals surface area contributed by atoms with E-state index in [0.29, 0.717) is 18.9 Å². The smallest absolute Gasteiger partial charge is 0.303 e. The van der Waals surface area contributed by atoms with Gasteiger partial charge in [0.25, 0.3) is 0 Å². The third-order valence-corrected chi connectivity index (χ3v) is 2.80. The standard InChI is InChI=1S/C12H23NO3/c1-4-10(5-2)7-11(14)13-8-9(3)6-12(15)16/h9-10H,4-8H2,1-3H3,(H,13,14)(H,15,16). The molecule has 4 nitrogen and oxygen atoms in total. The van der Waals surface area contributed by atoms with E-state index in [2.05, 4.69) is 19.2 Å². The summed E-state index contributed by atoms with van der Waals surface area (Å²) in [6, 6.07) is 0. The van der Waals surface area contributed by atoms with Gasteiger partial charge in [0.05, 0.1) is 0 Å². The number of carbonyl (C=O) groups excluding carboxylic acids is 1. The van der Waals surface area contributed by atoms with E-state index in [-0.39, 0.29) is 18.2 Å². The fraction of sp³-hybridized carbons (Fsp3) is 0.833. The molecule has 0 fully saturated rings. The van der Waals surface area contributed by atoms with Crippen LogP contribution in [-0.4, -0.2) is 23.5 Å². The lowest BCUT2D eigenvalue weighted by Crippen LogP contribution is -2.30. The Labute approximate surface area is 97.4 Å². The van der Waals surface area contributed by atoms with Gasteiger partial charge in [-0.2, -0.15) is 0 Å². The first kappa shape index (κ1) is 14.9. The highest BCUT2D eigenvalue weighted by atomic mass is 16.4. The van der Waals surface area contributed by atoms with Crippen LogP contribution in [0.4, 0.5) is 0 Å². The maximum atomic E-state index is 11.5. The molecule has 0 rings (SSSR count). The normalized spacial score (nSPS) is 12.5. The van der Waals surface area contributed by atoms with Gasteiger partial charge >= 0.3 is 5.97 Å². The summed E-state index contributed by atoms with van der Waals surface area (Å²) in [6.07, 6.45) is 2.67. The molecule has 0 aliphatic rings. The second kappa shape index (κ2) is 8.13. The van der Waals surface area contributed by atoms with Crippen molar-refractivity contribution in [3.8, 4) is 0 Å². The van der Waals surface area contributed by atoms with Crippen LogP contribution < -0.4 is 5.32 Å². The summed E-state index contributed by atoms with van der Waals surface area (Å²) < 4.78 is 0. The van der Waals surface area contributed by atoms with Crippen molar-refractivity contribution < 1.29 is 14.7 Å². The molecule has 0 aromatic heterocycles. The van der Waals surface area contributed by atoms with E-state index in [9.17, 15) is 9.59 Å². The molecule has 16 heavy (non-hydrogen) atoms. The number of amides is 1. The van der Waals surface area contributed by atoms with Crippen LogP contribution in [0.15, 0.2) is 0 Å². The molecule has 1 atom stereocenters. The molecule has 0 saturated carbocycles. The number of hydrogen-bond acceptors (Lipinski definition) is 2. The number of nitrogens with one attached hydrogen (secondary N) is 1. The Morgan fingerprint density at radius 1 is 1.19 bits per heavy atom. The van der Waals surface area contributed by atoms with Crippen LogP contribution in [0, 0.1) is 11.8 Å². The van der Waals surface area contributed by atoms with Gasteiger partial charge in [0.15, 0.2) is 0 Å². The Morgan fingerprint density at radius 3 is 2.19 bits per heavy atom. The second-order valence-electron chi connectivity index (χ2n) is 4.39. The summed E-state index contributed by atoms with van der Waals surface area (Å²) in [7, 11) is 0. The van der Waals surface area contributed by atoms with E-state index < -0.39 is 5.97 Å². The van der Waals surface area contributed by atoms with Crippen LogP contribution in [-0.2, 0) is 9.59 Å². The molecular formula is C12H23NO3. The van der Waals surface area contributed by atoms with Crippen molar-refractivity contribution in [1.82, 2.24) is 5.32 Å². The summed E-state index contributed by atoms with van der Waals surface area (Å²) >= 11 is 0. The SMILES string of the molecule is CCC(CC)CC(=O)NCC(C)CC(=O)O. The molecule has 4 heteroatoms. The Kier molecular flexibility index (Phi) is 7.60. The topological polar surface area (TPSA) is 66.4 Å². The minimum atomic E-state index is -0.818. The highest BCUT2D eigenvalue weighted by molar-refractivity contribution is 5.76. The second-order valence-corrected chi connectivity index (χ2v) is 4.39. The van der Waals surface area contributed by atoms with E-state index >= 15 is 0 Å². The van der Waals surface area contributed by atoms with Gasteiger partial charge in [-0.05, 0) is 11.8 Å². The number of carboxylic acid groups (broad SMARTS) is 1. The van der Waals surface area contributed by atoms with Crippen molar-refractivity contribution in [3.05, 3.63) is 0 Å². The van der Waals surface area contributed by atoms with Crippen LogP contribution >= 0.6 is 0 Å². The van der Waals surface area contributed by atoms with Crippen LogP contribution in [0.25, 0.3) is 0 Å². The molecule has 0 aromatic carbocycles. The Balaban J connectivity index is 3.76. The minimum Gasteiger partial charge on any atom is -0.481 e. The predicted octanol–water partition coefficient (Wildman–Crippen LogP) is 2.04. The Morgan fingerprint density at radius 2 is 1.75 bits per heavy atom. The molecule has 2 N–H and O–H groups in total. The monoisotopic (exact) mass is 229 g/mol. The summed E-state index contributed by atoms with van der Waals surface area (Å²) in [5.74, 6) is -0.356. The largest absolute Gasteiger partial charge is 0.481 e. The number of hydrogen-bond donors (Lipinski definition) is 2. The molecule has 0 aromatic rings. The predicted molar refractivity (Wildman–Crippen MR) is 63.1 cm³/mol. The molecule has 0 bridgehead atoms. The lowest BCUT2D eigenvalue weighted by molar-refractivity contribution is -0.138. The van der Waals surface area contributed by atoms with Crippen LogP contribution in [0.1, 0.15) is 46.5 Å². The molecule has 0 aliphatic carbocycles. The summed E-state index contributed by atoms with van der Waals surface area (Å²) in [6.45, 7) is 6.43. The molecule has 0 spiro atoms. The van der Waals surface area contributed by atoms with E-state index in [1.54, 1.807) is 0 Å². The zero-order valence-corrected chi connectivity index (χ0v) is 10.5. The van der Waals surface area contributed by atoms with E-state index in [1.165, 1.54) is 0 Å². The summed E-state index contributed by atoms with van der Waals surface area (Å²) in [4.78, 5) is 21.9. The van der Waals surface area contributed by atoms with Crippen molar-refractivity contribution in [3.63, 3.8) is 0 Å². The number of carboxylic acids is 1. The van der Waals surface area contributed by atoms with Gasteiger partial charge in [-0.15, -0.1) is 0 Å². The number of rotatable bonds is 8. The third-order valence-electron chi connectivity index (χ3n) is 2.80. The van der Waals surface area contributed by atoms with Crippen molar-refractivity contribution in [2.24, 2.45) is 11.8 Å². The molecule has 0 radical (unpaired) electrons. The highest BCUT2D eigenvalue weighted by Gasteiger charge is 2.12. The van der Waals surface area contributed by atoms with Gasteiger partial charge in [0, 0.05) is 19.4 Å². The summed E-state index contributed by atoms with van der Waals surface area (Å²) in [5, 5.41) is 11.3. The van der Waals surface area contributed by atoms with Crippen molar-refractivity contribution >= 4 is 11.9 Å². The average Bonchev–Trinajstić information content (AvgIpc) is 2.22. The Hall–Kier alpha value is -1.06. The van der Waals surface area contributed by atoms with Crippen molar-refractivity contribution in [1.29, 1.82) is 0 Å². The van der Waals surface area contributed by atoms with Gasteiger partial charge in [-0.3, -0.25) is 9.59 Å². The van der Waals surface area contributed by atoms with Gasteiger partial charge in [-0.1, -0.05) is 33.6 Å². The first-order valence-corrected chi connectivity index (χ1v) is 5.98. The van der Waals surface area contributed by atoms with E-state index in [0.717, 1.165) is 12.8 Å². The first-order chi connectivity index (χ1) is 7.49. The fourth-order valence-electron chi connectivity index (χ4n) is 1.57. The van der Waals surface area contributed by atoms with Crippen molar-refractivity contribution in [2.75, 3.05) is 6.54 Å². The quantitative estimate of drug-likeness (QED) is 0.669. The van der Waals surface area contributed by atoms with Gasteiger partial charge in [0.1, 0.15) is 0 Å². The fourth-order valence-corrected chi connectivity index (χ4v) is 1.57. The molecule has 94 valence electrons. The Bertz CT molecular complexity index is 224. The molecule has 0 heterocycles. The third kappa shape index (κ3) is 7.26. The molecule has 1 amide bonds. The summed E-state index contributed by atoms with van der Waals surface area (Å²) in [5.41, 5.74) is 0.